The van der Waals surface area contributed by atoms with Crippen molar-refractivity contribution in [3.63, 3.8) is 0 Å². The Morgan fingerprint density at radius 2 is 1.58 bits per heavy atom. The van der Waals surface area contributed by atoms with E-state index in [1.54, 1.807) is 28.6 Å². The molecule has 26 heavy (non-hydrogen) atoms. The number of benzene rings is 2. The number of anilines is 1. The first-order valence-electron chi connectivity index (χ1n) is 8.60. The minimum absolute atomic E-state index is 0.127. The summed E-state index contributed by atoms with van der Waals surface area (Å²) in [5, 5.41) is 2.85. The fraction of sp³-hybridized carbons (Fsp3) is 0.316. The summed E-state index contributed by atoms with van der Waals surface area (Å²) in [6, 6.07) is 14.2. The molecule has 0 saturated carbocycles. The molecule has 1 amide bonds. The summed E-state index contributed by atoms with van der Waals surface area (Å²) in [7, 11) is -3.43. The van der Waals surface area contributed by atoms with E-state index in [4.69, 9.17) is 0 Å². The van der Waals surface area contributed by atoms with E-state index in [9.17, 15) is 13.2 Å². The Balaban J connectivity index is 1.63. The molecule has 1 aliphatic rings. The van der Waals surface area contributed by atoms with Gasteiger partial charge in [0.25, 0.3) is 0 Å². The van der Waals surface area contributed by atoms with Gasteiger partial charge in [0.15, 0.2) is 0 Å². The van der Waals surface area contributed by atoms with Gasteiger partial charge >= 0.3 is 0 Å². The third kappa shape index (κ3) is 4.83. The summed E-state index contributed by atoms with van der Waals surface area (Å²) < 4.78 is 27.9. The van der Waals surface area contributed by atoms with Crippen molar-refractivity contribution in [1.82, 2.24) is 4.31 Å². The van der Waals surface area contributed by atoms with Crippen LogP contribution in [0.4, 0.5) is 5.69 Å². The second-order valence-electron chi connectivity index (χ2n) is 6.34. The summed E-state index contributed by atoms with van der Waals surface area (Å²) in [4.78, 5) is 12.4. The highest BCUT2D eigenvalue weighted by Crippen LogP contribution is 2.21. The maximum atomic E-state index is 12.6. The third-order valence-electron chi connectivity index (χ3n) is 4.37. The molecule has 1 saturated heterocycles. The number of carbonyl (C=O) groups excluding carboxylic acids is 1. The van der Waals surface area contributed by atoms with Crippen LogP contribution in [0.5, 0.6) is 0 Å². The van der Waals surface area contributed by atoms with Crippen molar-refractivity contribution < 1.29 is 13.2 Å². The molecule has 0 radical (unpaired) electrons. The zero-order valence-corrected chi connectivity index (χ0v) is 17.3. The fourth-order valence-electron chi connectivity index (χ4n) is 2.96. The number of amides is 1. The first-order chi connectivity index (χ1) is 12.4. The van der Waals surface area contributed by atoms with Crippen LogP contribution in [0.1, 0.15) is 24.8 Å². The van der Waals surface area contributed by atoms with Crippen LogP contribution in [0.2, 0.25) is 0 Å². The molecule has 1 heterocycles. The van der Waals surface area contributed by atoms with E-state index < -0.39 is 10.0 Å². The molecule has 1 N–H and O–H groups in total. The van der Waals surface area contributed by atoms with Crippen molar-refractivity contribution in [2.45, 2.75) is 30.6 Å². The van der Waals surface area contributed by atoms with Crippen LogP contribution in [0.25, 0.3) is 0 Å². The van der Waals surface area contributed by atoms with Gasteiger partial charge < -0.3 is 5.32 Å². The Kier molecular flexibility index (Phi) is 6.31. The fourth-order valence-corrected chi connectivity index (χ4v) is 4.83. The topological polar surface area (TPSA) is 66.5 Å². The quantitative estimate of drug-likeness (QED) is 0.660. The van der Waals surface area contributed by atoms with Gasteiger partial charge in [0.2, 0.25) is 15.9 Å². The second kappa shape index (κ2) is 8.49. The van der Waals surface area contributed by atoms with Crippen LogP contribution in [0, 0.1) is 3.57 Å². The number of hydrogen-bond donors (Lipinski definition) is 1. The second-order valence-corrected chi connectivity index (χ2v) is 9.52. The molecule has 0 spiro atoms. The zero-order chi connectivity index (χ0) is 18.6. The van der Waals surface area contributed by atoms with Crippen molar-refractivity contribution in [2.75, 3.05) is 18.4 Å². The summed E-state index contributed by atoms with van der Waals surface area (Å²) in [5.74, 6) is -0.127. The van der Waals surface area contributed by atoms with Gasteiger partial charge in [-0.25, -0.2) is 8.42 Å². The van der Waals surface area contributed by atoms with Gasteiger partial charge in [-0.1, -0.05) is 18.6 Å². The van der Waals surface area contributed by atoms with E-state index >= 15 is 0 Å². The van der Waals surface area contributed by atoms with Crippen LogP contribution in [-0.4, -0.2) is 31.7 Å². The SMILES string of the molecule is O=C(Cc1ccc(S(=O)(=O)N2CCCCC2)cc1)Nc1ccc(I)cc1. The molecule has 0 unspecified atom stereocenters. The number of rotatable bonds is 5. The van der Waals surface area contributed by atoms with E-state index in [-0.39, 0.29) is 12.3 Å². The zero-order valence-electron chi connectivity index (χ0n) is 14.3. The maximum Gasteiger partial charge on any atom is 0.243 e. The third-order valence-corrected chi connectivity index (χ3v) is 7.00. The van der Waals surface area contributed by atoms with Gasteiger partial charge in [0.05, 0.1) is 11.3 Å². The van der Waals surface area contributed by atoms with E-state index in [1.165, 1.54) is 0 Å². The molecule has 1 fully saturated rings. The monoisotopic (exact) mass is 484 g/mol. The minimum atomic E-state index is -3.43. The lowest BCUT2D eigenvalue weighted by Crippen LogP contribution is -2.35. The number of carbonyl (C=O) groups is 1. The lowest BCUT2D eigenvalue weighted by Gasteiger charge is -2.25. The van der Waals surface area contributed by atoms with E-state index in [0.717, 1.165) is 34.1 Å². The molecule has 2 aromatic carbocycles. The molecule has 0 bridgehead atoms. The van der Waals surface area contributed by atoms with Crippen LogP contribution >= 0.6 is 22.6 Å². The molecular formula is C19H21IN2O3S. The summed E-state index contributed by atoms with van der Waals surface area (Å²) >= 11 is 2.21. The van der Waals surface area contributed by atoms with Crippen LogP contribution in [0.15, 0.2) is 53.4 Å². The van der Waals surface area contributed by atoms with E-state index in [1.807, 2.05) is 24.3 Å². The average Bonchev–Trinajstić information content (AvgIpc) is 2.65. The predicted octanol–water partition coefficient (Wildman–Crippen LogP) is 3.65. The lowest BCUT2D eigenvalue weighted by molar-refractivity contribution is -0.115. The Morgan fingerprint density at radius 1 is 0.962 bits per heavy atom. The molecule has 0 atom stereocenters. The van der Waals surface area contributed by atoms with Crippen LogP contribution < -0.4 is 5.32 Å². The van der Waals surface area contributed by atoms with E-state index in [2.05, 4.69) is 27.9 Å². The maximum absolute atomic E-state index is 12.6. The molecule has 138 valence electrons. The van der Waals surface area contributed by atoms with Crippen LogP contribution in [0.3, 0.4) is 0 Å². The van der Waals surface area contributed by atoms with E-state index in [0.29, 0.717) is 18.0 Å². The summed E-state index contributed by atoms with van der Waals surface area (Å²) in [5.41, 5.74) is 1.53. The number of sulfonamides is 1. The highest BCUT2D eigenvalue weighted by atomic mass is 127. The number of hydrogen-bond acceptors (Lipinski definition) is 3. The number of halogens is 1. The first kappa shape index (κ1) is 19.3. The van der Waals surface area contributed by atoms with Gasteiger partial charge in [-0.15, -0.1) is 0 Å². The van der Waals surface area contributed by atoms with Crippen molar-refractivity contribution in [3.8, 4) is 0 Å². The van der Waals surface area contributed by atoms with Gasteiger partial charge in [-0.2, -0.15) is 4.31 Å². The minimum Gasteiger partial charge on any atom is -0.326 e. The lowest BCUT2D eigenvalue weighted by atomic mass is 10.1. The molecule has 5 nitrogen and oxygen atoms in total. The molecule has 0 aromatic heterocycles. The Morgan fingerprint density at radius 3 is 2.19 bits per heavy atom. The number of piperidine rings is 1. The normalized spacial score (nSPS) is 15.6. The van der Waals surface area contributed by atoms with Crippen molar-refractivity contribution >= 4 is 44.2 Å². The van der Waals surface area contributed by atoms with Crippen LogP contribution in [-0.2, 0) is 21.2 Å². The standard InChI is InChI=1S/C19H21IN2O3S/c20-16-6-8-17(9-7-16)21-19(23)14-15-4-10-18(11-5-15)26(24,25)22-12-2-1-3-13-22/h4-11H,1-3,12-14H2,(H,21,23). The highest BCUT2D eigenvalue weighted by molar-refractivity contribution is 14.1. The van der Waals surface area contributed by atoms with Crippen molar-refractivity contribution in [3.05, 3.63) is 57.7 Å². The smallest absolute Gasteiger partial charge is 0.243 e. The largest absolute Gasteiger partial charge is 0.326 e. The van der Waals surface area contributed by atoms with Crippen molar-refractivity contribution in [1.29, 1.82) is 0 Å². The Labute approximate surface area is 168 Å². The van der Waals surface area contributed by atoms with Crippen molar-refractivity contribution in [2.24, 2.45) is 0 Å². The van der Waals surface area contributed by atoms with Gasteiger partial charge in [-0.3, -0.25) is 4.79 Å². The molecule has 1 aliphatic heterocycles. The molecule has 3 rings (SSSR count). The molecule has 7 heteroatoms. The molecule has 2 aromatic rings. The highest BCUT2D eigenvalue weighted by Gasteiger charge is 2.25. The van der Waals surface area contributed by atoms with Gasteiger partial charge in [0.1, 0.15) is 0 Å². The number of nitrogens with one attached hydrogen (secondary N) is 1. The molecular weight excluding hydrogens is 463 g/mol. The van der Waals surface area contributed by atoms with Gasteiger partial charge in [0, 0.05) is 22.3 Å². The summed E-state index contributed by atoms with van der Waals surface area (Å²) in [6.07, 6.45) is 3.11. The summed E-state index contributed by atoms with van der Waals surface area (Å²) in [6.45, 7) is 1.17. The number of nitrogens with zero attached hydrogens (tertiary/aromatic N) is 1. The first-order valence-corrected chi connectivity index (χ1v) is 11.1. The molecule has 0 aliphatic carbocycles. The average molecular weight is 484 g/mol. The predicted molar refractivity (Wildman–Crippen MR) is 111 cm³/mol. The Bertz CT molecular complexity index is 859. The Hall–Kier alpha value is -1.45. The van der Waals surface area contributed by atoms with Gasteiger partial charge in [-0.05, 0) is 77.4 Å².